The number of primary amides is 1. The van der Waals surface area contributed by atoms with Crippen LogP contribution in [0.25, 0.3) is 11.1 Å². The number of benzene rings is 2. The van der Waals surface area contributed by atoms with Crippen LogP contribution in [0.2, 0.25) is 0 Å². The van der Waals surface area contributed by atoms with E-state index in [1.54, 1.807) is 19.9 Å². The summed E-state index contributed by atoms with van der Waals surface area (Å²) in [4.78, 5) is 12.7. The van der Waals surface area contributed by atoms with E-state index in [1.165, 1.54) is 30.3 Å². The molecule has 1 amide bonds. The molecule has 0 aliphatic carbocycles. The molecule has 0 spiro atoms. The maximum absolute atomic E-state index is 14.1. The lowest BCUT2D eigenvalue weighted by Gasteiger charge is -2.37. The number of alkyl halides is 3. The van der Waals surface area contributed by atoms with Gasteiger partial charge in [-0.15, -0.1) is 0 Å². The van der Waals surface area contributed by atoms with Gasteiger partial charge in [0.05, 0.1) is 18.7 Å². The molecular formula is C22H22F5N3O. The highest BCUT2D eigenvalue weighted by molar-refractivity contribution is 5.80. The number of hydrogen-bond donors (Lipinski definition) is 1. The van der Waals surface area contributed by atoms with Gasteiger partial charge in [-0.25, -0.2) is 8.78 Å². The van der Waals surface area contributed by atoms with Crippen LogP contribution in [-0.4, -0.2) is 29.6 Å². The van der Waals surface area contributed by atoms with Gasteiger partial charge in [0.1, 0.15) is 6.04 Å². The molecule has 0 aliphatic heterocycles. The fraction of sp³-hybridized carbons (Fsp3) is 0.364. The van der Waals surface area contributed by atoms with Crippen molar-refractivity contribution in [2.45, 2.75) is 38.5 Å². The number of amides is 1. The van der Waals surface area contributed by atoms with E-state index < -0.39 is 42.3 Å². The lowest BCUT2D eigenvalue weighted by molar-refractivity contribution is -0.192. The van der Waals surface area contributed by atoms with E-state index in [2.05, 4.69) is 0 Å². The number of halogens is 5. The number of nitrogens with two attached hydrogens (primary N) is 1. The summed E-state index contributed by atoms with van der Waals surface area (Å²) in [5.74, 6) is -3.19. The lowest BCUT2D eigenvalue weighted by atomic mass is 9.95. The molecule has 2 atom stereocenters. The Balaban J connectivity index is 2.50. The molecule has 9 heteroatoms. The van der Waals surface area contributed by atoms with Gasteiger partial charge in [0.15, 0.2) is 11.6 Å². The van der Waals surface area contributed by atoms with Crippen LogP contribution in [0.4, 0.5) is 22.0 Å². The van der Waals surface area contributed by atoms with Gasteiger partial charge < -0.3 is 5.73 Å². The number of rotatable bonds is 8. The first-order chi connectivity index (χ1) is 14.5. The number of nitrogens with zero attached hydrogens (tertiary/aromatic N) is 2. The normalized spacial score (nSPS) is 13.8. The van der Waals surface area contributed by atoms with E-state index >= 15 is 0 Å². The molecule has 2 N–H and O–H groups in total. The van der Waals surface area contributed by atoms with Crippen LogP contribution >= 0.6 is 0 Å². The first kappa shape index (κ1) is 24.3. The maximum Gasteiger partial charge on any atom is 0.408 e. The van der Waals surface area contributed by atoms with E-state index in [9.17, 15) is 26.7 Å². The highest BCUT2D eigenvalue weighted by Crippen LogP contribution is 2.40. The zero-order chi connectivity index (χ0) is 23.3. The fourth-order valence-electron chi connectivity index (χ4n) is 3.43. The summed E-state index contributed by atoms with van der Waals surface area (Å²) in [6.45, 7) is 2.81. The predicted octanol–water partition coefficient (Wildman–Crippen LogP) is 4.96. The topological polar surface area (TPSA) is 70.1 Å². The van der Waals surface area contributed by atoms with Gasteiger partial charge in [-0.1, -0.05) is 44.2 Å². The van der Waals surface area contributed by atoms with Gasteiger partial charge in [0, 0.05) is 0 Å². The Morgan fingerprint density at radius 3 is 2.10 bits per heavy atom. The molecule has 166 valence electrons. The highest BCUT2D eigenvalue weighted by Gasteiger charge is 2.47. The molecule has 0 heterocycles. The molecule has 31 heavy (non-hydrogen) atoms. The van der Waals surface area contributed by atoms with Crippen LogP contribution in [0.3, 0.4) is 0 Å². The molecule has 2 aromatic rings. The van der Waals surface area contributed by atoms with Gasteiger partial charge >= 0.3 is 6.18 Å². The standard InChI is InChI=1S/C22H22F5N3O/c1-13(2)11-19(21(29)31)30(10-9-28)20(22(25,26)27)15-5-3-14(4-6-15)16-7-8-17(23)18(24)12-16/h3-8,12-13,19-20H,10-11H2,1-2H3,(H2,29,31)/t19-,20-/m0/s1. The largest absolute Gasteiger partial charge is 0.408 e. The smallest absolute Gasteiger partial charge is 0.368 e. The van der Waals surface area contributed by atoms with E-state index in [0.717, 1.165) is 17.0 Å². The SMILES string of the molecule is CC(C)C[C@@H](C(N)=O)N(CC#N)[C@@H](c1ccc(-c2ccc(F)c(F)c2)cc1)C(F)(F)F. The van der Waals surface area contributed by atoms with Crippen molar-refractivity contribution in [3.63, 3.8) is 0 Å². The number of carbonyl (C=O) groups excluding carboxylic acids is 1. The van der Waals surface area contributed by atoms with Crippen molar-refractivity contribution in [2.24, 2.45) is 11.7 Å². The number of hydrogen-bond acceptors (Lipinski definition) is 3. The van der Waals surface area contributed by atoms with Crippen LogP contribution in [0, 0.1) is 28.9 Å². The van der Waals surface area contributed by atoms with Gasteiger partial charge in [0.25, 0.3) is 0 Å². The van der Waals surface area contributed by atoms with Crippen molar-refractivity contribution in [1.29, 1.82) is 5.26 Å². The molecule has 0 aliphatic rings. The van der Waals surface area contributed by atoms with Crippen molar-refractivity contribution in [2.75, 3.05) is 6.54 Å². The Hall–Kier alpha value is -2.99. The molecule has 4 nitrogen and oxygen atoms in total. The third-order valence-corrected chi connectivity index (χ3v) is 4.80. The van der Waals surface area contributed by atoms with E-state index in [1.807, 2.05) is 0 Å². The Labute approximate surface area is 177 Å². The van der Waals surface area contributed by atoms with Gasteiger partial charge in [-0.2, -0.15) is 18.4 Å². The molecule has 2 rings (SSSR count). The third kappa shape index (κ3) is 6.01. The van der Waals surface area contributed by atoms with E-state index in [4.69, 9.17) is 11.0 Å². The summed E-state index contributed by atoms with van der Waals surface area (Å²) < 4.78 is 68.8. The van der Waals surface area contributed by atoms with Crippen molar-refractivity contribution in [1.82, 2.24) is 4.90 Å². The highest BCUT2D eigenvalue weighted by atomic mass is 19.4. The minimum Gasteiger partial charge on any atom is -0.368 e. The molecule has 0 radical (unpaired) electrons. The summed E-state index contributed by atoms with van der Waals surface area (Å²) in [6.07, 6.45) is -4.75. The number of carbonyl (C=O) groups is 1. The molecule has 0 bridgehead atoms. The monoisotopic (exact) mass is 439 g/mol. The van der Waals surface area contributed by atoms with Gasteiger partial charge in [-0.05, 0) is 41.2 Å². The average molecular weight is 439 g/mol. The zero-order valence-electron chi connectivity index (χ0n) is 17.0. The molecule has 0 aromatic heterocycles. The van der Waals surface area contributed by atoms with Crippen molar-refractivity contribution in [3.8, 4) is 17.2 Å². The molecule has 0 saturated heterocycles. The molecule has 0 saturated carbocycles. The van der Waals surface area contributed by atoms with Crippen LogP contribution in [0.15, 0.2) is 42.5 Å². The molecule has 0 unspecified atom stereocenters. The Kier molecular flexibility index (Phi) is 7.74. The lowest BCUT2D eigenvalue weighted by Crippen LogP contribution is -2.51. The zero-order valence-corrected chi connectivity index (χ0v) is 17.0. The van der Waals surface area contributed by atoms with Gasteiger partial charge in [-0.3, -0.25) is 9.69 Å². The quantitative estimate of drug-likeness (QED) is 0.467. The summed E-state index contributed by atoms with van der Waals surface area (Å²) >= 11 is 0. The van der Waals surface area contributed by atoms with Crippen LogP contribution in [-0.2, 0) is 4.79 Å². The minimum absolute atomic E-state index is 0.0521. The van der Waals surface area contributed by atoms with Crippen molar-refractivity contribution >= 4 is 5.91 Å². The van der Waals surface area contributed by atoms with Crippen molar-refractivity contribution in [3.05, 3.63) is 59.7 Å². The second kappa shape index (κ2) is 9.88. The summed E-state index contributed by atoms with van der Waals surface area (Å²) in [5, 5.41) is 9.13. The first-order valence-electron chi connectivity index (χ1n) is 9.49. The minimum atomic E-state index is -4.80. The fourth-order valence-corrected chi connectivity index (χ4v) is 3.43. The predicted molar refractivity (Wildman–Crippen MR) is 105 cm³/mol. The Morgan fingerprint density at radius 1 is 1.06 bits per heavy atom. The molecule has 0 fully saturated rings. The summed E-state index contributed by atoms with van der Waals surface area (Å²) in [6, 6.07) is 6.38. The average Bonchev–Trinajstić information content (AvgIpc) is 2.67. The number of nitriles is 1. The van der Waals surface area contributed by atoms with Crippen LogP contribution in [0.5, 0.6) is 0 Å². The second-order valence-corrected chi connectivity index (χ2v) is 7.57. The Bertz CT molecular complexity index is 951. The first-order valence-corrected chi connectivity index (χ1v) is 9.49. The molecule has 2 aromatic carbocycles. The third-order valence-electron chi connectivity index (χ3n) is 4.80. The molecular weight excluding hydrogens is 417 g/mol. The van der Waals surface area contributed by atoms with Crippen LogP contribution in [0.1, 0.15) is 31.9 Å². The van der Waals surface area contributed by atoms with E-state index in [-0.39, 0.29) is 23.5 Å². The summed E-state index contributed by atoms with van der Waals surface area (Å²) in [7, 11) is 0. The second-order valence-electron chi connectivity index (χ2n) is 7.57. The maximum atomic E-state index is 14.1. The Morgan fingerprint density at radius 2 is 1.65 bits per heavy atom. The van der Waals surface area contributed by atoms with Crippen LogP contribution < -0.4 is 5.73 Å². The van der Waals surface area contributed by atoms with Crippen molar-refractivity contribution < 1.29 is 26.7 Å². The van der Waals surface area contributed by atoms with E-state index in [0.29, 0.717) is 5.56 Å². The van der Waals surface area contributed by atoms with Gasteiger partial charge in [0.2, 0.25) is 5.91 Å². The summed E-state index contributed by atoms with van der Waals surface area (Å²) in [5.41, 5.74) is 5.84.